The van der Waals surface area contributed by atoms with Crippen LogP contribution in [-0.4, -0.2) is 76.9 Å². The quantitative estimate of drug-likeness (QED) is 0.159. The van der Waals surface area contributed by atoms with E-state index in [4.69, 9.17) is 42.0 Å². The molecule has 0 spiro atoms. The van der Waals surface area contributed by atoms with E-state index in [9.17, 15) is 14.2 Å². The normalized spacial score (nSPS) is 20.7. The Balaban J connectivity index is 1.79. The molecule has 14 heteroatoms. The maximum atomic E-state index is 13.6. The van der Waals surface area contributed by atoms with E-state index in [-0.39, 0.29) is 11.5 Å². The summed E-state index contributed by atoms with van der Waals surface area (Å²) >= 11 is 0. The minimum Gasteiger partial charge on any atom is -0.493 e. The lowest BCUT2D eigenvalue weighted by atomic mass is 9.68. The Labute approximate surface area is 240 Å². The first-order chi connectivity index (χ1) is 19.4. The van der Waals surface area contributed by atoms with Gasteiger partial charge in [0.2, 0.25) is 13.6 Å². The number of methoxy groups -OCH3 is 2. The van der Waals surface area contributed by atoms with Gasteiger partial charge in [0.1, 0.15) is 5.76 Å². The van der Waals surface area contributed by atoms with Crippen molar-refractivity contribution in [2.45, 2.75) is 70.6 Å². The fourth-order valence-electron chi connectivity index (χ4n) is 4.90. The van der Waals surface area contributed by atoms with Crippen LogP contribution in [0.4, 0.5) is 9.59 Å². The number of likely N-dealkylation sites (N-methyl/N-ethyl adjacent to an activating group) is 1. The van der Waals surface area contributed by atoms with Gasteiger partial charge < -0.3 is 32.9 Å². The summed E-state index contributed by atoms with van der Waals surface area (Å²) in [4.78, 5) is 25.7. The molecule has 2 atom stereocenters. The molecule has 3 rings (SSSR count). The Morgan fingerprint density at radius 1 is 0.951 bits per heavy atom. The number of phosphoric acid groups is 1. The van der Waals surface area contributed by atoms with Crippen molar-refractivity contribution in [2.75, 3.05) is 41.4 Å². The Kier molecular flexibility index (Phi) is 11.3. The summed E-state index contributed by atoms with van der Waals surface area (Å²) in [6.45, 7) is 5.83. The smallest absolute Gasteiger partial charge is 0.493 e. The third kappa shape index (κ3) is 8.51. The number of rotatable bonds is 13. The van der Waals surface area contributed by atoms with Gasteiger partial charge in [0.05, 0.1) is 26.4 Å². The molecule has 0 radical (unpaired) electrons. The Hall–Kier alpha value is -2.99. The highest BCUT2D eigenvalue weighted by Crippen LogP contribution is 2.55. The molecule has 1 aromatic rings. The van der Waals surface area contributed by atoms with Crippen molar-refractivity contribution in [1.82, 2.24) is 4.90 Å². The fraction of sp³-hybridized carbons (Fsp3) is 0.630. The van der Waals surface area contributed by atoms with Gasteiger partial charge in [0.15, 0.2) is 11.5 Å². The lowest BCUT2D eigenvalue weighted by Crippen LogP contribution is -2.42. The van der Waals surface area contributed by atoms with Crippen molar-refractivity contribution in [2.24, 2.45) is 0 Å². The molecule has 2 aliphatic rings. The third-order valence-electron chi connectivity index (χ3n) is 6.74. The summed E-state index contributed by atoms with van der Waals surface area (Å²) < 4.78 is 60.1. The topological polar surface area (TPSA) is 138 Å². The average Bonchev–Trinajstić information content (AvgIpc) is 3.24. The van der Waals surface area contributed by atoms with Crippen molar-refractivity contribution >= 4 is 20.1 Å². The maximum absolute atomic E-state index is 13.6. The second-order valence-electron chi connectivity index (χ2n) is 10.2. The molecule has 0 bridgehead atoms. The van der Waals surface area contributed by atoms with Crippen LogP contribution in [0.5, 0.6) is 11.5 Å². The number of hydrogen-bond acceptors (Lipinski definition) is 13. The van der Waals surface area contributed by atoms with E-state index in [1.54, 1.807) is 41.9 Å². The van der Waals surface area contributed by atoms with Crippen molar-refractivity contribution in [3.63, 3.8) is 0 Å². The molecule has 1 heterocycles. The first-order valence-corrected chi connectivity index (χ1v) is 14.8. The Bertz CT molecular complexity index is 1110. The minimum absolute atomic E-state index is 0.104. The van der Waals surface area contributed by atoms with Crippen molar-refractivity contribution in [1.29, 1.82) is 0 Å². The van der Waals surface area contributed by atoms with Crippen molar-refractivity contribution in [3.8, 4) is 11.5 Å². The molecule has 0 N–H and O–H groups in total. The highest BCUT2D eigenvalue weighted by atomic mass is 31.2. The highest BCUT2D eigenvalue weighted by Gasteiger charge is 2.49. The maximum Gasteiger partial charge on any atom is 0.535 e. The first kappa shape index (κ1) is 32.5. The standard InChI is InChI=1S/C27H40NO12P/c1-18(2)38-25(29)34-16-36-41(31,37-17-35-26(30)39-19(3)4)40-21-10-11-27(12-13-28(5)24(27)15-21)20-8-9-22(32-6)23(14-20)33-7/h8-9,14-15,18-19,24H,10-13,16-17H2,1-7H3. The predicted molar refractivity (Wildman–Crippen MR) is 146 cm³/mol. The molecule has 1 saturated heterocycles. The number of carbonyl (C=O) groups is 2. The van der Waals surface area contributed by atoms with Crippen LogP contribution in [0.25, 0.3) is 0 Å². The zero-order valence-electron chi connectivity index (χ0n) is 24.6. The van der Waals surface area contributed by atoms with E-state index >= 15 is 0 Å². The third-order valence-corrected chi connectivity index (χ3v) is 8.04. The van der Waals surface area contributed by atoms with Crippen LogP contribution in [0.2, 0.25) is 0 Å². The van der Waals surface area contributed by atoms with Gasteiger partial charge in [-0.3, -0.25) is 4.90 Å². The molecule has 0 aromatic heterocycles. The Morgan fingerprint density at radius 3 is 2.07 bits per heavy atom. The van der Waals surface area contributed by atoms with Crippen molar-refractivity contribution in [3.05, 3.63) is 35.6 Å². The zero-order chi connectivity index (χ0) is 30.2. The lowest BCUT2D eigenvalue weighted by molar-refractivity contribution is -0.0427. The number of allylic oxidation sites excluding steroid dienone is 1. The number of hydrogen-bond donors (Lipinski definition) is 0. The molecular formula is C27H40NO12P. The second kappa shape index (κ2) is 14.3. The van der Waals surface area contributed by atoms with Gasteiger partial charge in [-0.2, -0.15) is 0 Å². The van der Waals surface area contributed by atoms with Crippen molar-refractivity contribution < 1.29 is 56.1 Å². The molecular weight excluding hydrogens is 561 g/mol. The molecule has 13 nitrogen and oxygen atoms in total. The molecule has 1 fully saturated rings. The van der Waals surface area contributed by atoms with Gasteiger partial charge in [-0.1, -0.05) is 6.07 Å². The van der Waals surface area contributed by atoms with Crippen LogP contribution in [0.1, 0.15) is 52.5 Å². The monoisotopic (exact) mass is 601 g/mol. The van der Waals surface area contributed by atoms with Gasteiger partial charge >= 0.3 is 20.1 Å². The van der Waals surface area contributed by atoms with Crippen LogP contribution < -0.4 is 9.47 Å². The van der Waals surface area contributed by atoms with E-state index in [0.717, 1.165) is 18.5 Å². The number of likely N-dealkylation sites (tertiary alicyclic amines) is 1. The van der Waals surface area contributed by atoms with Crippen LogP contribution in [-0.2, 0) is 42.5 Å². The van der Waals surface area contributed by atoms with Gasteiger partial charge in [0.25, 0.3) is 0 Å². The molecule has 2 unspecified atom stereocenters. The van der Waals surface area contributed by atoms with E-state index < -0.39 is 45.9 Å². The van der Waals surface area contributed by atoms with Gasteiger partial charge in [0, 0.05) is 17.9 Å². The predicted octanol–water partition coefficient (Wildman–Crippen LogP) is 5.52. The van der Waals surface area contributed by atoms with E-state index in [1.807, 2.05) is 31.3 Å². The second-order valence-corrected chi connectivity index (χ2v) is 11.8. The minimum atomic E-state index is -4.43. The van der Waals surface area contributed by atoms with Crippen LogP contribution in [0.3, 0.4) is 0 Å². The van der Waals surface area contributed by atoms with Crippen LogP contribution >= 0.6 is 7.82 Å². The fourth-order valence-corrected chi connectivity index (χ4v) is 5.88. The molecule has 1 aromatic carbocycles. The first-order valence-electron chi connectivity index (χ1n) is 13.3. The van der Waals surface area contributed by atoms with Gasteiger partial charge in [-0.05, 0) is 77.9 Å². The van der Waals surface area contributed by atoms with Gasteiger partial charge in [-0.25, -0.2) is 23.2 Å². The Morgan fingerprint density at radius 2 is 1.54 bits per heavy atom. The highest BCUT2D eigenvalue weighted by molar-refractivity contribution is 7.48. The van der Waals surface area contributed by atoms with Crippen LogP contribution in [0, 0.1) is 0 Å². The molecule has 230 valence electrons. The molecule has 41 heavy (non-hydrogen) atoms. The number of carbonyl (C=O) groups excluding carboxylic acids is 2. The molecule has 0 saturated carbocycles. The van der Waals surface area contributed by atoms with E-state index in [0.29, 0.717) is 30.1 Å². The number of phosphoric ester groups is 1. The molecule has 0 amide bonds. The molecule has 1 aliphatic carbocycles. The summed E-state index contributed by atoms with van der Waals surface area (Å²) in [5.74, 6) is 1.63. The summed E-state index contributed by atoms with van der Waals surface area (Å²) in [6, 6.07) is 5.81. The number of ether oxygens (including phenoxy) is 6. The SMILES string of the molecule is COc1ccc(C23CCC(OP(=O)(OCOC(=O)OC(C)C)OCOC(=O)OC(C)C)=CC2N(C)CC3)cc1OC. The van der Waals surface area contributed by atoms with Crippen LogP contribution in [0.15, 0.2) is 30.0 Å². The zero-order valence-corrected chi connectivity index (χ0v) is 25.5. The average molecular weight is 602 g/mol. The van der Waals surface area contributed by atoms with E-state index in [2.05, 4.69) is 4.90 Å². The number of benzene rings is 1. The summed E-state index contributed by atoms with van der Waals surface area (Å²) in [5, 5.41) is 0. The largest absolute Gasteiger partial charge is 0.535 e. The number of fused-ring (bicyclic) bond motifs is 1. The lowest BCUT2D eigenvalue weighted by Gasteiger charge is -2.40. The summed E-state index contributed by atoms with van der Waals surface area (Å²) in [7, 11) is 0.759. The summed E-state index contributed by atoms with van der Waals surface area (Å²) in [5.41, 5.74) is 0.838. The summed E-state index contributed by atoms with van der Waals surface area (Å²) in [6.07, 6.45) is 0.941. The molecule has 1 aliphatic heterocycles. The number of nitrogens with zero attached hydrogens (tertiary/aromatic N) is 1. The van der Waals surface area contributed by atoms with E-state index in [1.165, 1.54) is 0 Å². The van der Waals surface area contributed by atoms with Gasteiger partial charge in [-0.15, -0.1) is 0 Å².